The lowest BCUT2D eigenvalue weighted by Gasteiger charge is -2.28. The van der Waals surface area contributed by atoms with Gasteiger partial charge in [-0.05, 0) is 32.1 Å². The quantitative estimate of drug-likeness (QED) is 0.663. The maximum absolute atomic E-state index is 10.3. The van der Waals surface area contributed by atoms with Crippen molar-refractivity contribution in [3.63, 3.8) is 0 Å². The summed E-state index contributed by atoms with van der Waals surface area (Å²) in [6.07, 6.45) is 13.2. The van der Waals surface area contributed by atoms with E-state index < -0.39 is 0 Å². The molecule has 0 saturated heterocycles. The molecule has 1 N–H and O–H groups in total. The van der Waals surface area contributed by atoms with E-state index in [2.05, 4.69) is 19.1 Å². The topological polar surface area (TPSA) is 20.2 Å². The van der Waals surface area contributed by atoms with Gasteiger partial charge in [0, 0.05) is 0 Å². The first-order valence-electron chi connectivity index (χ1n) is 5.64. The molecule has 13 heavy (non-hydrogen) atoms. The molecule has 0 heterocycles. The number of rotatable bonds is 3. The van der Waals surface area contributed by atoms with Crippen LogP contribution in [0.2, 0.25) is 0 Å². The summed E-state index contributed by atoms with van der Waals surface area (Å²) < 4.78 is 0. The second-order valence-electron chi connectivity index (χ2n) is 4.25. The Morgan fingerprint density at radius 1 is 1.31 bits per heavy atom. The molecule has 1 aliphatic rings. The molecular weight excluding hydrogens is 160 g/mol. The minimum absolute atomic E-state index is 0.382. The predicted octanol–water partition coefficient (Wildman–Crippen LogP) is 3.43. The van der Waals surface area contributed by atoms with Crippen molar-refractivity contribution >= 4 is 0 Å². The van der Waals surface area contributed by atoms with Crippen LogP contribution in [0.3, 0.4) is 0 Å². The summed E-state index contributed by atoms with van der Waals surface area (Å²) in [6.45, 7) is 2.18. The molecule has 0 radical (unpaired) electrons. The highest BCUT2D eigenvalue weighted by Gasteiger charge is 2.24. The van der Waals surface area contributed by atoms with Crippen LogP contribution in [-0.4, -0.2) is 10.7 Å². The van der Waals surface area contributed by atoms with Crippen LogP contribution in [0.4, 0.5) is 0 Å². The van der Waals surface area contributed by atoms with Gasteiger partial charge in [-0.15, -0.1) is 0 Å². The molecule has 1 atom stereocenters. The summed E-state index contributed by atoms with van der Waals surface area (Å²) in [6, 6.07) is 0. The van der Waals surface area contributed by atoms with E-state index in [-0.39, 0.29) is 5.60 Å². The first kappa shape index (κ1) is 10.8. The van der Waals surface area contributed by atoms with Crippen molar-refractivity contribution in [1.29, 1.82) is 0 Å². The zero-order valence-electron chi connectivity index (χ0n) is 8.76. The Hall–Kier alpha value is -0.300. The zero-order valence-corrected chi connectivity index (χ0v) is 8.76. The van der Waals surface area contributed by atoms with Gasteiger partial charge in [0.15, 0.2) is 0 Å². The third kappa shape index (κ3) is 3.95. The molecule has 1 aliphatic carbocycles. The van der Waals surface area contributed by atoms with E-state index in [0.717, 1.165) is 25.7 Å². The van der Waals surface area contributed by atoms with Gasteiger partial charge in [0.2, 0.25) is 0 Å². The highest BCUT2D eigenvalue weighted by atomic mass is 16.3. The molecule has 0 bridgehead atoms. The van der Waals surface area contributed by atoms with Crippen molar-refractivity contribution in [2.75, 3.05) is 0 Å². The highest BCUT2D eigenvalue weighted by Crippen LogP contribution is 2.27. The smallest absolute Gasteiger partial charge is 0.0682 e. The normalized spacial score (nSPS) is 29.7. The van der Waals surface area contributed by atoms with Crippen molar-refractivity contribution < 1.29 is 5.11 Å². The van der Waals surface area contributed by atoms with E-state index in [4.69, 9.17) is 0 Å². The Labute approximate surface area is 81.9 Å². The van der Waals surface area contributed by atoms with E-state index in [9.17, 15) is 5.11 Å². The number of unbranched alkanes of at least 4 members (excludes halogenated alkanes) is 1. The van der Waals surface area contributed by atoms with Gasteiger partial charge in [0.05, 0.1) is 5.60 Å². The Balaban J connectivity index is 2.42. The van der Waals surface area contributed by atoms with Gasteiger partial charge in [-0.2, -0.15) is 0 Å². The Morgan fingerprint density at radius 2 is 2.15 bits per heavy atom. The lowest BCUT2D eigenvalue weighted by atomic mass is 9.86. The Kier molecular flexibility index (Phi) is 4.51. The van der Waals surface area contributed by atoms with E-state index in [1.807, 2.05) is 0 Å². The maximum atomic E-state index is 10.3. The van der Waals surface area contributed by atoms with Crippen LogP contribution in [0.1, 0.15) is 58.3 Å². The molecule has 0 aromatic heterocycles. The lowest BCUT2D eigenvalue weighted by Crippen LogP contribution is -2.28. The van der Waals surface area contributed by atoms with E-state index in [1.165, 1.54) is 25.7 Å². The molecule has 0 aromatic rings. The summed E-state index contributed by atoms with van der Waals surface area (Å²) in [4.78, 5) is 0. The average Bonchev–Trinajstić information content (AvgIpc) is 2.09. The van der Waals surface area contributed by atoms with Crippen LogP contribution in [0.25, 0.3) is 0 Å². The van der Waals surface area contributed by atoms with Crippen LogP contribution in [0, 0.1) is 0 Å². The van der Waals surface area contributed by atoms with Gasteiger partial charge in [0.1, 0.15) is 0 Å². The van der Waals surface area contributed by atoms with E-state index >= 15 is 0 Å². The van der Waals surface area contributed by atoms with Crippen molar-refractivity contribution in [3.05, 3.63) is 12.2 Å². The predicted molar refractivity (Wildman–Crippen MR) is 56.7 cm³/mol. The molecule has 0 aliphatic heterocycles. The number of allylic oxidation sites excluding steroid dienone is 1. The third-order valence-corrected chi connectivity index (χ3v) is 2.92. The number of hydrogen-bond donors (Lipinski definition) is 1. The van der Waals surface area contributed by atoms with Crippen molar-refractivity contribution in [2.24, 2.45) is 0 Å². The number of hydrogen-bond acceptors (Lipinski definition) is 1. The second kappa shape index (κ2) is 5.43. The molecule has 1 nitrogen and oxygen atoms in total. The average molecular weight is 182 g/mol. The standard InChI is InChI=1S/C12H22O/c1-2-3-9-12(13)10-7-5-4-6-8-11-12/h5,7,13H,2-4,6,8-11H2,1H3. The molecule has 76 valence electrons. The van der Waals surface area contributed by atoms with E-state index in [1.54, 1.807) is 0 Å². The Bertz CT molecular complexity index is 163. The second-order valence-corrected chi connectivity index (χ2v) is 4.25. The fourth-order valence-electron chi connectivity index (χ4n) is 1.97. The first-order chi connectivity index (χ1) is 6.27. The molecule has 0 spiro atoms. The van der Waals surface area contributed by atoms with Crippen molar-refractivity contribution in [1.82, 2.24) is 0 Å². The summed E-state index contributed by atoms with van der Waals surface area (Å²) in [5.74, 6) is 0. The third-order valence-electron chi connectivity index (χ3n) is 2.92. The first-order valence-corrected chi connectivity index (χ1v) is 5.64. The lowest BCUT2D eigenvalue weighted by molar-refractivity contribution is 0.0202. The van der Waals surface area contributed by atoms with Crippen LogP contribution in [0.5, 0.6) is 0 Å². The van der Waals surface area contributed by atoms with Crippen LogP contribution >= 0.6 is 0 Å². The molecule has 0 aromatic carbocycles. The minimum Gasteiger partial charge on any atom is -0.390 e. The maximum Gasteiger partial charge on any atom is 0.0682 e. The summed E-state index contributed by atoms with van der Waals surface area (Å²) >= 11 is 0. The minimum atomic E-state index is -0.382. The summed E-state index contributed by atoms with van der Waals surface area (Å²) in [5, 5.41) is 10.3. The highest BCUT2D eigenvalue weighted by molar-refractivity contribution is 4.93. The SMILES string of the molecule is CCCCC1(O)CC=CCCCC1. The summed E-state index contributed by atoms with van der Waals surface area (Å²) in [7, 11) is 0. The molecule has 1 rings (SSSR count). The van der Waals surface area contributed by atoms with Gasteiger partial charge in [-0.3, -0.25) is 0 Å². The van der Waals surface area contributed by atoms with E-state index in [0.29, 0.717) is 0 Å². The van der Waals surface area contributed by atoms with Gasteiger partial charge in [-0.25, -0.2) is 0 Å². The fraction of sp³-hybridized carbons (Fsp3) is 0.833. The van der Waals surface area contributed by atoms with Gasteiger partial charge in [-0.1, -0.05) is 38.3 Å². The van der Waals surface area contributed by atoms with Gasteiger partial charge < -0.3 is 5.11 Å². The largest absolute Gasteiger partial charge is 0.390 e. The van der Waals surface area contributed by atoms with Gasteiger partial charge in [0.25, 0.3) is 0 Å². The van der Waals surface area contributed by atoms with Crippen molar-refractivity contribution in [2.45, 2.75) is 63.9 Å². The molecule has 0 amide bonds. The molecule has 1 unspecified atom stereocenters. The molecule has 1 heteroatoms. The fourth-order valence-corrected chi connectivity index (χ4v) is 1.97. The summed E-state index contributed by atoms with van der Waals surface area (Å²) in [5.41, 5.74) is -0.382. The monoisotopic (exact) mass is 182 g/mol. The molecule has 0 saturated carbocycles. The Morgan fingerprint density at radius 3 is 2.92 bits per heavy atom. The van der Waals surface area contributed by atoms with Gasteiger partial charge >= 0.3 is 0 Å². The van der Waals surface area contributed by atoms with Crippen LogP contribution < -0.4 is 0 Å². The molecule has 0 fully saturated rings. The van der Waals surface area contributed by atoms with Crippen molar-refractivity contribution in [3.8, 4) is 0 Å². The molecular formula is C12H22O. The number of aliphatic hydroxyl groups is 1. The zero-order chi connectivity index (χ0) is 9.57. The van der Waals surface area contributed by atoms with Crippen LogP contribution in [0.15, 0.2) is 12.2 Å². The van der Waals surface area contributed by atoms with Crippen LogP contribution in [-0.2, 0) is 0 Å².